The zero-order chi connectivity index (χ0) is 17.8. The lowest BCUT2D eigenvalue weighted by molar-refractivity contribution is 0.156. The molecule has 0 amide bonds. The van der Waals surface area contributed by atoms with Gasteiger partial charge < -0.3 is 10.0 Å². The maximum absolute atomic E-state index is 10.2. The summed E-state index contributed by atoms with van der Waals surface area (Å²) in [6.45, 7) is 2.07. The van der Waals surface area contributed by atoms with Crippen LogP contribution < -0.4 is 4.90 Å². The van der Waals surface area contributed by atoms with Gasteiger partial charge in [-0.25, -0.2) is 0 Å². The molecule has 1 N–H and O–H groups in total. The fraction of sp³-hybridized carbons (Fsp3) is 0.364. The lowest BCUT2D eigenvalue weighted by atomic mass is 9.89. The van der Waals surface area contributed by atoms with Gasteiger partial charge in [-0.1, -0.05) is 18.2 Å². The number of fused-ring (bicyclic) bond motifs is 1. The summed E-state index contributed by atoms with van der Waals surface area (Å²) < 4.78 is 0. The van der Waals surface area contributed by atoms with Crippen LogP contribution in [0.15, 0.2) is 53.2 Å². The highest BCUT2D eigenvalue weighted by Crippen LogP contribution is 2.32. The third-order valence-corrected chi connectivity index (χ3v) is 7.06. The maximum atomic E-state index is 10.2. The highest BCUT2D eigenvalue weighted by atomic mass is 32.1. The first-order chi connectivity index (χ1) is 12.8. The fourth-order valence-corrected chi connectivity index (χ4v) is 5.14. The number of aliphatic hydroxyl groups excluding tert-OH is 1. The topological polar surface area (TPSA) is 23.5 Å². The molecule has 1 aromatic carbocycles. The molecular weight excluding hydrogens is 358 g/mol. The van der Waals surface area contributed by atoms with Crippen molar-refractivity contribution in [3.05, 3.63) is 74.1 Å². The first-order valence-electron chi connectivity index (χ1n) is 9.40. The molecule has 26 heavy (non-hydrogen) atoms. The van der Waals surface area contributed by atoms with E-state index in [1.54, 1.807) is 0 Å². The summed E-state index contributed by atoms with van der Waals surface area (Å²) in [7, 11) is 0. The molecule has 136 valence electrons. The minimum absolute atomic E-state index is 0.279. The molecule has 0 bridgehead atoms. The van der Waals surface area contributed by atoms with Gasteiger partial charge in [-0.3, -0.25) is 0 Å². The molecule has 4 rings (SSSR count). The molecule has 0 fully saturated rings. The van der Waals surface area contributed by atoms with Crippen LogP contribution in [0.5, 0.6) is 0 Å². The minimum Gasteiger partial charge on any atom is -0.388 e. The van der Waals surface area contributed by atoms with E-state index in [2.05, 4.69) is 58.1 Å². The summed E-state index contributed by atoms with van der Waals surface area (Å²) in [6, 6.07) is 15.4. The lowest BCUT2D eigenvalue weighted by Crippen LogP contribution is -2.28. The van der Waals surface area contributed by atoms with Crippen molar-refractivity contribution in [3.63, 3.8) is 0 Å². The minimum atomic E-state index is -0.279. The highest BCUT2D eigenvalue weighted by Gasteiger charge is 2.19. The number of hydrogen-bond acceptors (Lipinski definition) is 4. The van der Waals surface area contributed by atoms with Gasteiger partial charge in [0.2, 0.25) is 0 Å². The second-order valence-electron chi connectivity index (χ2n) is 6.94. The average Bonchev–Trinajstić information content (AvgIpc) is 3.36. The van der Waals surface area contributed by atoms with Crippen molar-refractivity contribution in [2.45, 2.75) is 38.2 Å². The Labute approximate surface area is 163 Å². The Hall–Kier alpha value is -1.62. The van der Waals surface area contributed by atoms with Crippen LogP contribution in [0.25, 0.3) is 0 Å². The Kier molecular flexibility index (Phi) is 5.73. The van der Waals surface area contributed by atoms with Crippen LogP contribution in [0.2, 0.25) is 0 Å². The highest BCUT2D eigenvalue weighted by molar-refractivity contribution is 7.10. The molecule has 0 spiro atoms. The molecule has 1 unspecified atom stereocenters. The van der Waals surface area contributed by atoms with Gasteiger partial charge in [0.1, 0.15) is 0 Å². The average molecular weight is 384 g/mol. The predicted octanol–water partition coefficient (Wildman–Crippen LogP) is 5.47. The van der Waals surface area contributed by atoms with Gasteiger partial charge in [0.25, 0.3) is 0 Å². The number of nitrogens with zero attached hydrogens (tertiary/aromatic N) is 1. The van der Waals surface area contributed by atoms with Gasteiger partial charge in [-0.2, -0.15) is 0 Å². The molecule has 0 radical (unpaired) electrons. The molecule has 0 saturated carbocycles. The van der Waals surface area contributed by atoms with E-state index in [1.807, 2.05) is 22.7 Å². The molecule has 1 aliphatic rings. The zero-order valence-corrected chi connectivity index (χ0v) is 16.6. The van der Waals surface area contributed by atoms with Crippen molar-refractivity contribution in [2.75, 3.05) is 18.0 Å². The van der Waals surface area contributed by atoms with Gasteiger partial charge in [-0.05, 0) is 78.3 Å². The Morgan fingerprint density at radius 1 is 0.962 bits per heavy atom. The predicted molar refractivity (Wildman–Crippen MR) is 113 cm³/mol. The number of anilines is 1. The summed E-state index contributed by atoms with van der Waals surface area (Å²) >= 11 is 3.68. The van der Waals surface area contributed by atoms with Crippen LogP contribution in [0.1, 0.15) is 39.8 Å². The number of benzene rings is 1. The number of thiophene rings is 2. The molecule has 1 atom stereocenters. The first-order valence-corrected chi connectivity index (χ1v) is 11.2. The van der Waals surface area contributed by atoms with E-state index in [9.17, 15) is 5.11 Å². The van der Waals surface area contributed by atoms with Gasteiger partial charge in [0.05, 0.1) is 6.10 Å². The molecule has 0 saturated heterocycles. The lowest BCUT2D eigenvalue weighted by Gasteiger charge is -2.28. The molecule has 2 heterocycles. The van der Waals surface area contributed by atoms with Gasteiger partial charge in [0.15, 0.2) is 0 Å². The molecule has 2 nitrogen and oxygen atoms in total. The van der Waals surface area contributed by atoms with Crippen LogP contribution in [-0.4, -0.2) is 18.2 Å². The Morgan fingerprint density at radius 2 is 1.65 bits per heavy atom. The van der Waals surface area contributed by atoms with E-state index in [-0.39, 0.29) is 6.10 Å². The van der Waals surface area contributed by atoms with Gasteiger partial charge in [-0.15, -0.1) is 22.7 Å². The fourth-order valence-electron chi connectivity index (χ4n) is 3.74. The SMILES string of the molecule is OC1CCCc2cc(N(CCc3cccs3)CCc3cccs3)ccc21. The summed E-state index contributed by atoms with van der Waals surface area (Å²) in [5, 5.41) is 14.6. The standard InChI is InChI=1S/C22H25NOS2/c24-22-7-1-4-17-16-18(8-9-21(17)22)23(12-10-19-5-2-14-25-19)13-11-20-6-3-15-26-20/h2-3,5-6,8-9,14-16,22,24H,1,4,7,10-13H2. The van der Waals surface area contributed by atoms with Crippen molar-refractivity contribution >= 4 is 28.4 Å². The molecular formula is C22H25NOS2. The van der Waals surface area contributed by atoms with Crippen LogP contribution in [-0.2, 0) is 19.3 Å². The van der Waals surface area contributed by atoms with Crippen LogP contribution in [0.3, 0.4) is 0 Å². The summed E-state index contributed by atoms with van der Waals surface area (Å²) in [5.74, 6) is 0. The summed E-state index contributed by atoms with van der Waals surface area (Å²) in [5.41, 5.74) is 3.76. The summed E-state index contributed by atoms with van der Waals surface area (Å²) in [4.78, 5) is 5.40. The van der Waals surface area contributed by atoms with E-state index in [0.717, 1.165) is 50.8 Å². The second kappa shape index (κ2) is 8.38. The molecule has 2 aromatic heterocycles. The first kappa shape index (κ1) is 17.8. The van der Waals surface area contributed by atoms with E-state index in [4.69, 9.17) is 0 Å². The van der Waals surface area contributed by atoms with Crippen molar-refractivity contribution in [2.24, 2.45) is 0 Å². The van der Waals surface area contributed by atoms with Crippen LogP contribution in [0.4, 0.5) is 5.69 Å². The Balaban J connectivity index is 1.52. The Bertz CT molecular complexity index is 773. The van der Waals surface area contributed by atoms with Crippen molar-refractivity contribution in [1.82, 2.24) is 0 Å². The van der Waals surface area contributed by atoms with Gasteiger partial charge >= 0.3 is 0 Å². The number of rotatable bonds is 7. The molecule has 1 aliphatic carbocycles. The number of hydrogen-bond donors (Lipinski definition) is 1. The molecule has 0 aliphatic heterocycles. The van der Waals surface area contributed by atoms with Crippen molar-refractivity contribution in [3.8, 4) is 0 Å². The van der Waals surface area contributed by atoms with Gasteiger partial charge in [0, 0.05) is 28.5 Å². The molecule has 4 heteroatoms. The normalized spacial score (nSPS) is 16.4. The maximum Gasteiger partial charge on any atom is 0.0792 e. The third kappa shape index (κ3) is 4.20. The quantitative estimate of drug-likeness (QED) is 0.585. The van der Waals surface area contributed by atoms with E-state index in [1.165, 1.54) is 21.0 Å². The monoisotopic (exact) mass is 383 g/mol. The number of aryl methyl sites for hydroxylation is 1. The van der Waals surface area contributed by atoms with E-state index in [0.29, 0.717) is 0 Å². The molecule has 3 aromatic rings. The smallest absolute Gasteiger partial charge is 0.0792 e. The van der Waals surface area contributed by atoms with Crippen molar-refractivity contribution < 1.29 is 5.11 Å². The number of aliphatic hydroxyl groups is 1. The summed E-state index contributed by atoms with van der Waals surface area (Å²) in [6.07, 6.45) is 4.96. The van der Waals surface area contributed by atoms with E-state index < -0.39 is 0 Å². The van der Waals surface area contributed by atoms with E-state index >= 15 is 0 Å². The third-order valence-electron chi connectivity index (χ3n) is 5.19. The largest absolute Gasteiger partial charge is 0.388 e. The zero-order valence-electron chi connectivity index (χ0n) is 14.9. The van der Waals surface area contributed by atoms with Crippen LogP contribution in [0, 0.1) is 0 Å². The Morgan fingerprint density at radius 3 is 2.27 bits per heavy atom. The second-order valence-corrected chi connectivity index (χ2v) is 9.00. The van der Waals surface area contributed by atoms with Crippen molar-refractivity contribution in [1.29, 1.82) is 0 Å². The van der Waals surface area contributed by atoms with Crippen LogP contribution >= 0.6 is 22.7 Å².